The van der Waals surface area contributed by atoms with Crippen molar-refractivity contribution in [2.24, 2.45) is 16.6 Å². The number of fused-ring (bicyclic) bond motifs is 1. The zero-order chi connectivity index (χ0) is 34.4. The van der Waals surface area contributed by atoms with Crippen molar-refractivity contribution in [1.82, 2.24) is 4.90 Å². The van der Waals surface area contributed by atoms with Crippen LogP contribution in [0.4, 0.5) is 0 Å². The molecule has 21 heteroatoms. The van der Waals surface area contributed by atoms with Gasteiger partial charge in [0.15, 0.2) is 12.6 Å². The number of amides is 2. The molecule has 0 bridgehead atoms. The molecule has 5 rings (SSSR count). The van der Waals surface area contributed by atoms with Gasteiger partial charge in [-0.15, -0.1) is 0 Å². The Balaban J connectivity index is 1.56. The Labute approximate surface area is 265 Å². The second-order valence-corrected chi connectivity index (χ2v) is 11.4. The molecule has 0 saturated carbocycles. The first-order valence-electron chi connectivity index (χ1n) is 14.4. The maximum absolute atomic E-state index is 13.6. The Kier molecular flexibility index (Phi) is 10.5. The first-order chi connectivity index (χ1) is 22.3. The molecule has 0 spiro atoms. The quantitative estimate of drug-likeness (QED) is 0.0505. The highest BCUT2D eigenvalue weighted by atomic mass is 16.8. The molecule has 0 aromatic heterocycles. The van der Waals surface area contributed by atoms with Crippen LogP contribution in [0, 0.1) is 0 Å². The Hall–Kier alpha value is -2.93. The van der Waals surface area contributed by atoms with E-state index >= 15 is 0 Å². The zero-order valence-corrected chi connectivity index (χ0v) is 24.4. The standard InChI is InChI=1S/C26H36N6O15/c27-13-16(37)19(11(6-34)43-24(13)42)45-25-14(32-22(40)8-3-1-2-4-9(8)23(32)41)17(38)20(12(7-35)44-25)47-26(30-31-29)21(28)18(39)15(36)10(5-33)46-26/h1-4,10-21,24-25,33-39,42H,5-7,27-28H2/t10-,11-,12-,13-,14-,15-,16-,17-,18+,19?,20?,21-,24-,25+,26+/m1/s1. The third-order valence-electron chi connectivity index (χ3n) is 8.67. The van der Waals surface area contributed by atoms with Gasteiger partial charge < -0.3 is 76.0 Å². The van der Waals surface area contributed by atoms with Gasteiger partial charge >= 0.3 is 0 Å². The fourth-order valence-electron chi connectivity index (χ4n) is 6.12. The summed E-state index contributed by atoms with van der Waals surface area (Å²) >= 11 is 0. The molecule has 0 radical (unpaired) electrons. The highest BCUT2D eigenvalue weighted by molar-refractivity contribution is 6.21. The molecule has 21 nitrogen and oxygen atoms in total. The number of nitrogens with two attached hydrogens (primary N) is 2. The Morgan fingerprint density at radius 2 is 1.43 bits per heavy atom. The van der Waals surface area contributed by atoms with Crippen LogP contribution in [0.25, 0.3) is 10.4 Å². The largest absolute Gasteiger partial charge is 0.394 e. The molecule has 15 atom stereocenters. The summed E-state index contributed by atoms with van der Waals surface area (Å²) in [6, 6.07) is 0.438. The van der Waals surface area contributed by atoms with Crippen LogP contribution < -0.4 is 11.5 Å². The highest BCUT2D eigenvalue weighted by Gasteiger charge is 2.60. The van der Waals surface area contributed by atoms with Gasteiger partial charge in [0.1, 0.15) is 61.0 Å². The number of carbonyl (C=O) groups is 2. The average Bonchev–Trinajstić information content (AvgIpc) is 3.31. The normalized spacial score (nSPS) is 43.8. The average molecular weight is 673 g/mol. The van der Waals surface area contributed by atoms with E-state index in [0.29, 0.717) is 4.90 Å². The number of carbonyl (C=O) groups excluding carboxylic acids is 2. The molecule has 12 N–H and O–H groups in total. The molecule has 3 fully saturated rings. The number of hydrogen-bond donors (Lipinski definition) is 10. The maximum atomic E-state index is 13.6. The number of hydrogen-bond acceptors (Lipinski definition) is 18. The van der Waals surface area contributed by atoms with Crippen LogP contribution >= 0.6 is 0 Å². The van der Waals surface area contributed by atoms with E-state index in [0.717, 1.165) is 0 Å². The minimum Gasteiger partial charge on any atom is -0.394 e. The molecule has 4 aliphatic heterocycles. The predicted octanol–water partition coefficient (Wildman–Crippen LogP) is -5.70. The third-order valence-corrected chi connectivity index (χ3v) is 8.67. The number of nitrogens with zero attached hydrogens (tertiary/aromatic N) is 4. The zero-order valence-electron chi connectivity index (χ0n) is 24.4. The second-order valence-electron chi connectivity index (χ2n) is 11.4. The lowest BCUT2D eigenvalue weighted by molar-refractivity contribution is -0.383. The summed E-state index contributed by atoms with van der Waals surface area (Å²) in [6.07, 6.45) is -19.5. The minimum absolute atomic E-state index is 0.0595. The van der Waals surface area contributed by atoms with Crippen LogP contribution in [0.1, 0.15) is 20.7 Å². The molecule has 260 valence electrons. The minimum atomic E-state index is -2.78. The molecule has 1 aromatic rings. The number of rotatable bonds is 9. The molecule has 2 amide bonds. The van der Waals surface area contributed by atoms with Gasteiger partial charge in [-0.25, -0.2) is 0 Å². The Bertz CT molecular complexity index is 1330. The number of aliphatic hydroxyl groups excluding tert-OH is 8. The molecule has 3 saturated heterocycles. The van der Waals surface area contributed by atoms with E-state index in [1.807, 2.05) is 0 Å². The van der Waals surface area contributed by atoms with Crippen molar-refractivity contribution in [3.05, 3.63) is 45.8 Å². The van der Waals surface area contributed by atoms with Crippen LogP contribution in [-0.4, -0.2) is 169 Å². The van der Waals surface area contributed by atoms with Crippen LogP contribution in [-0.2, 0) is 23.7 Å². The molecule has 2 unspecified atom stereocenters. The van der Waals surface area contributed by atoms with E-state index in [4.69, 9.17) is 35.2 Å². The predicted molar refractivity (Wildman–Crippen MR) is 148 cm³/mol. The topological polar surface area (TPSA) is 346 Å². The molecule has 0 aliphatic carbocycles. The number of ether oxygens (including phenoxy) is 5. The SMILES string of the molecule is [N-]=[N+]=N[C@]1(OC2[C@@H](CO)O[C@@H](OC3[C@@H](CO)O[C@@H](O)[C@H](N)[C@H]3O)[C@H](N3C(=O)c4ccccc4C3=O)[C@H]2O)O[C@H](CO)[C@@H](O)[C@H](O)[C@H]1N. The Morgan fingerprint density at radius 3 is 1.98 bits per heavy atom. The van der Waals surface area contributed by atoms with E-state index in [2.05, 4.69) is 10.0 Å². The number of benzene rings is 1. The summed E-state index contributed by atoms with van der Waals surface area (Å²) in [4.78, 5) is 30.5. The van der Waals surface area contributed by atoms with Crippen molar-refractivity contribution in [2.75, 3.05) is 19.8 Å². The molecule has 47 heavy (non-hydrogen) atoms. The van der Waals surface area contributed by atoms with Crippen molar-refractivity contribution in [2.45, 2.75) is 91.6 Å². The van der Waals surface area contributed by atoms with Crippen LogP contribution in [0.2, 0.25) is 0 Å². The van der Waals surface area contributed by atoms with E-state index in [1.54, 1.807) is 0 Å². The van der Waals surface area contributed by atoms with Gasteiger partial charge in [0.05, 0.1) is 43.0 Å². The monoisotopic (exact) mass is 672 g/mol. The first kappa shape index (κ1) is 35.4. The van der Waals surface area contributed by atoms with Crippen molar-refractivity contribution >= 4 is 11.8 Å². The third kappa shape index (κ3) is 6.00. The van der Waals surface area contributed by atoms with Gasteiger partial charge in [0.2, 0.25) is 0 Å². The van der Waals surface area contributed by atoms with E-state index in [-0.39, 0.29) is 11.1 Å². The van der Waals surface area contributed by atoms with Crippen LogP contribution in [0.15, 0.2) is 29.4 Å². The lowest BCUT2D eigenvalue weighted by Gasteiger charge is -2.52. The summed E-state index contributed by atoms with van der Waals surface area (Å²) in [5, 5.41) is 87.0. The molecule has 4 heterocycles. The van der Waals surface area contributed by atoms with Crippen molar-refractivity contribution in [1.29, 1.82) is 0 Å². The summed E-state index contributed by atoms with van der Waals surface area (Å²) in [5.74, 6) is -4.62. The smallest absolute Gasteiger partial charge is 0.268 e. The van der Waals surface area contributed by atoms with Gasteiger partial charge in [-0.1, -0.05) is 12.1 Å². The van der Waals surface area contributed by atoms with E-state index in [9.17, 15) is 56.0 Å². The second kappa shape index (κ2) is 13.9. The van der Waals surface area contributed by atoms with Gasteiger partial charge in [-0.05, 0) is 22.8 Å². The van der Waals surface area contributed by atoms with Gasteiger partial charge in [-0.2, -0.15) is 0 Å². The van der Waals surface area contributed by atoms with Gasteiger partial charge in [-0.3, -0.25) is 14.5 Å². The maximum Gasteiger partial charge on any atom is 0.268 e. The van der Waals surface area contributed by atoms with Crippen molar-refractivity contribution < 1.29 is 74.1 Å². The van der Waals surface area contributed by atoms with E-state index < -0.39 is 123 Å². The fraction of sp³-hybridized carbons (Fsp3) is 0.692. The number of azide groups is 1. The summed E-state index contributed by atoms with van der Waals surface area (Å²) in [7, 11) is 0. The summed E-state index contributed by atoms with van der Waals surface area (Å²) in [6.45, 7) is -2.73. The van der Waals surface area contributed by atoms with Crippen LogP contribution in [0.5, 0.6) is 0 Å². The summed E-state index contributed by atoms with van der Waals surface area (Å²) < 4.78 is 28.4. The molecular formula is C26H36N6O15. The first-order valence-corrected chi connectivity index (χ1v) is 14.4. The van der Waals surface area contributed by atoms with Gasteiger partial charge in [0.25, 0.3) is 17.7 Å². The molecule has 1 aromatic carbocycles. The molecular weight excluding hydrogens is 636 g/mol. The van der Waals surface area contributed by atoms with Crippen molar-refractivity contribution in [3.63, 3.8) is 0 Å². The lowest BCUT2D eigenvalue weighted by Crippen LogP contribution is -2.73. The molecule has 4 aliphatic rings. The number of aliphatic hydroxyl groups is 8. The lowest BCUT2D eigenvalue weighted by atomic mass is 9.92. The Morgan fingerprint density at radius 1 is 0.851 bits per heavy atom. The van der Waals surface area contributed by atoms with Crippen LogP contribution in [0.3, 0.4) is 0 Å². The highest BCUT2D eigenvalue weighted by Crippen LogP contribution is 2.40. The fourth-order valence-corrected chi connectivity index (χ4v) is 6.12. The van der Waals surface area contributed by atoms with Gasteiger partial charge in [0, 0.05) is 4.91 Å². The number of imide groups is 1. The van der Waals surface area contributed by atoms with Crippen molar-refractivity contribution in [3.8, 4) is 0 Å². The van der Waals surface area contributed by atoms with E-state index in [1.165, 1.54) is 24.3 Å². The summed E-state index contributed by atoms with van der Waals surface area (Å²) in [5.41, 5.74) is 21.1.